The molecule has 128 valence electrons. The van der Waals surface area contributed by atoms with Gasteiger partial charge in [-0.05, 0) is 69.4 Å². The molecule has 0 aliphatic carbocycles. The molecule has 2 rings (SSSR count). The van der Waals surface area contributed by atoms with Crippen molar-refractivity contribution < 1.29 is 9.53 Å². The Hall–Kier alpha value is -2.29. The first-order chi connectivity index (χ1) is 11.5. The lowest BCUT2D eigenvalue weighted by molar-refractivity contribution is -0.127. The molecule has 1 atom stereocenters. The van der Waals surface area contributed by atoms with E-state index in [0.29, 0.717) is 6.54 Å². The SMILES string of the molecule is Cc1ccc(CCCNC(=O)C(C)Oc2ccc(C)c(C)c2)cc1. The topological polar surface area (TPSA) is 38.3 Å². The average molecular weight is 325 g/mol. The summed E-state index contributed by atoms with van der Waals surface area (Å²) in [5.74, 6) is 0.664. The van der Waals surface area contributed by atoms with Gasteiger partial charge < -0.3 is 10.1 Å². The highest BCUT2D eigenvalue weighted by molar-refractivity contribution is 5.80. The lowest BCUT2D eigenvalue weighted by Gasteiger charge is -2.15. The van der Waals surface area contributed by atoms with Crippen molar-refractivity contribution in [3.8, 4) is 5.75 Å². The number of aryl methyl sites for hydroxylation is 4. The molecular formula is C21H27NO2. The lowest BCUT2D eigenvalue weighted by atomic mass is 10.1. The van der Waals surface area contributed by atoms with Crippen LogP contribution < -0.4 is 10.1 Å². The van der Waals surface area contributed by atoms with Gasteiger partial charge >= 0.3 is 0 Å². The largest absolute Gasteiger partial charge is 0.481 e. The summed E-state index contributed by atoms with van der Waals surface area (Å²) in [6.45, 7) is 8.63. The molecule has 0 saturated heterocycles. The predicted octanol–water partition coefficient (Wildman–Crippen LogP) is 4.13. The Morgan fingerprint density at radius 2 is 1.75 bits per heavy atom. The monoisotopic (exact) mass is 325 g/mol. The van der Waals surface area contributed by atoms with Gasteiger partial charge in [0.1, 0.15) is 5.75 Å². The van der Waals surface area contributed by atoms with Gasteiger partial charge in [0.25, 0.3) is 5.91 Å². The molecule has 0 saturated carbocycles. The van der Waals surface area contributed by atoms with E-state index in [-0.39, 0.29) is 5.91 Å². The molecule has 1 amide bonds. The quantitative estimate of drug-likeness (QED) is 0.777. The zero-order valence-corrected chi connectivity index (χ0v) is 15.1. The summed E-state index contributed by atoms with van der Waals surface area (Å²) in [7, 11) is 0. The van der Waals surface area contributed by atoms with E-state index in [0.717, 1.165) is 18.6 Å². The number of hydrogen-bond donors (Lipinski definition) is 1. The molecule has 2 aromatic rings. The van der Waals surface area contributed by atoms with Crippen LogP contribution in [0, 0.1) is 20.8 Å². The third kappa shape index (κ3) is 5.41. The van der Waals surface area contributed by atoms with Gasteiger partial charge in [-0.3, -0.25) is 4.79 Å². The number of benzene rings is 2. The van der Waals surface area contributed by atoms with Crippen molar-refractivity contribution >= 4 is 5.91 Å². The Labute approximate surface area is 145 Å². The summed E-state index contributed by atoms with van der Waals surface area (Å²) in [6.07, 6.45) is 1.39. The zero-order chi connectivity index (χ0) is 17.5. The molecule has 0 heterocycles. The number of hydrogen-bond acceptors (Lipinski definition) is 2. The van der Waals surface area contributed by atoms with Crippen LogP contribution in [0.4, 0.5) is 0 Å². The van der Waals surface area contributed by atoms with Crippen LogP contribution in [0.2, 0.25) is 0 Å². The van der Waals surface area contributed by atoms with Crippen LogP contribution in [0.25, 0.3) is 0 Å². The number of carbonyl (C=O) groups excluding carboxylic acids is 1. The molecular weight excluding hydrogens is 298 g/mol. The van der Waals surface area contributed by atoms with Gasteiger partial charge in [-0.2, -0.15) is 0 Å². The molecule has 0 fully saturated rings. The summed E-state index contributed by atoms with van der Waals surface area (Å²) >= 11 is 0. The van der Waals surface area contributed by atoms with E-state index >= 15 is 0 Å². The minimum atomic E-state index is -0.494. The Morgan fingerprint density at radius 3 is 2.42 bits per heavy atom. The standard InChI is InChI=1S/C21H27NO2/c1-15-7-10-19(11-8-15)6-5-13-22-21(23)18(4)24-20-12-9-16(2)17(3)14-20/h7-12,14,18H,5-6,13H2,1-4H3,(H,22,23). The molecule has 1 unspecified atom stereocenters. The molecule has 24 heavy (non-hydrogen) atoms. The molecule has 0 aliphatic rings. The molecule has 2 aromatic carbocycles. The molecule has 1 N–H and O–H groups in total. The molecule has 0 aliphatic heterocycles. The maximum Gasteiger partial charge on any atom is 0.260 e. The van der Waals surface area contributed by atoms with E-state index in [4.69, 9.17) is 4.74 Å². The van der Waals surface area contributed by atoms with E-state index in [1.165, 1.54) is 22.3 Å². The van der Waals surface area contributed by atoms with E-state index < -0.39 is 6.10 Å². The van der Waals surface area contributed by atoms with E-state index in [9.17, 15) is 4.79 Å². The highest BCUT2D eigenvalue weighted by Gasteiger charge is 2.14. The fourth-order valence-electron chi connectivity index (χ4n) is 2.45. The highest BCUT2D eigenvalue weighted by atomic mass is 16.5. The molecule has 0 spiro atoms. The van der Waals surface area contributed by atoms with Crippen molar-refractivity contribution in [3.05, 3.63) is 64.7 Å². The Kier molecular flexibility index (Phi) is 6.42. The van der Waals surface area contributed by atoms with Crippen LogP contribution in [0.15, 0.2) is 42.5 Å². The van der Waals surface area contributed by atoms with Crippen LogP contribution >= 0.6 is 0 Å². The summed E-state index contributed by atoms with van der Waals surface area (Å²) in [6, 6.07) is 14.4. The molecule has 3 nitrogen and oxygen atoms in total. The number of carbonyl (C=O) groups is 1. The number of amides is 1. The van der Waals surface area contributed by atoms with Crippen molar-refractivity contribution in [1.29, 1.82) is 0 Å². The minimum absolute atomic E-state index is 0.0721. The van der Waals surface area contributed by atoms with E-state index in [2.05, 4.69) is 43.4 Å². The molecule has 0 bridgehead atoms. The lowest BCUT2D eigenvalue weighted by Crippen LogP contribution is -2.36. The molecule has 3 heteroatoms. The predicted molar refractivity (Wildman–Crippen MR) is 98.5 cm³/mol. The molecule has 0 radical (unpaired) electrons. The van der Waals surface area contributed by atoms with Gasteiger partial charge in [0.05, 0.1) is 0 Å². The number of rotatable bonds is 7. The maximum atomic E-state index is 12.1. The van der Waals surface area contributed by atoms with Gasteiger partial charge in [0.2, 0.25) is 0 Å². The first kappa shape index (κ1) is 18.1. The van der Waals surface area contributed by atoms with Crippen LogP contribution in [-0.2, 0) is 11.2 Å². The average Bonchev–Trinajstić information content (AvgIpc) is 2.56. The second-order valence-corrected chi connectivity index (χ2v) is 6.39. The van der Waals surface area contributed by atoms with Crippen molar-refractivity contribution in [2.75, 3.05) is 6.54 Å². The normalized spacial score (nSPS) is 11.8. The minimum Gasteiger partial charge on any atom is -0.481 e. The Balaban J connectivity index is 1.73. The Bertz CT molecular complexity index is 677. The van der Waals surface area contributed by atoms with Crippen molar-refractivity contribution in [2.24, 2.45) is 0 Å². The Morgan fingerprint density at radius 1 is 1.04 bits per heavy atom. The molecule has 0 aromatic heterocycles. The fourth-order valence-corrected chi connectivity index (χ4v) is 2.45. The zero-order valence-electron chi connectivity index (χ0n) is 15.1. The third-order valence-electron chi connectivity index (χ3n) is 4.22. The van der Waals surface area contributed by atoms with Gasteiger partial charge in [0.15, 0.2) is 6.10 Å². The van der Waals surface area contributed by atoms with E-state index in [1.54, 1.807) is 6.92 Å². The van der Waals surface area contributed by atoms with Crippen molar-refractivity contribution in [3.63, 3.8) is 0 Å². The van der Waals surface area contributed by atoms with E-state index in [1.807, 2.05) is 25.1 Å². The van der Waals surface area contributed by atoms with Crippen LogP contribution in [-0.4, -0.2) is 18.6 Å². The fraction of sp³-hybridized carbons (Fsp3) is 0.381. The summed E-state index contributed by atoms with van der Waals surface area (Å²) in [4.78, 5) is 12.1. The number of ether oxygens (including phenoxy) is 1. The van der Waals surface area contributed by atoms with Crippen molar-refractivity contribution in [1.82, 2.24) is 5.32 Å². The van der Waals surface area contributed by atoms with Crippen LogP contribution in [0.5, 0.6) is 5.75 Å². The third-order valence-corrected chi connectivity index (χ3v) is 4.22. The highest BCUT2D eigenvalue weighted by Crippen LogP contribution is 2.17. The second-order valence-electron chi connectivity index (χ2n) is 6.39. The summed E-state index contributed by atoms with van der Waals surface area (Å²) < 4.78 is 5.73. The van der Waals surface area contributed by atoms with Crippen LogP contribution in [0.1, 0.15) is 35.6 Å². The number of nitrogens with one attached hydrogen (secondary N) is 1. The van der Waals surface area contributed by atoms with Gasteiger partial charge in [-0.25, -0.2) is 0 Å². The first-order valence-electron chi connectivity index (χ1n) is 8.53. The second kappa shape index (κ2) is 8.53. The smallest absolute Gasteiger partial charge is 0.260 e. The van der Waals surface area contributed by atoms with Gasteiger partial charge in [-0.15, -0.1) is 0 Å². The first-order valence-corrected chi connectivity index (χ1v) is 8.53. The van der Waals surface area contributed by atoms with Gasteiger partial charge in [-0.1, -0.05) is 35.9 Å². The van der Waals surface area contributed by atoms with Gasteiger partial charge in [0, 0.05) is 6.54 Å². The summed E-state index contributed by atoms with van der Waals surface area (Å²) in [5, 5.41) is 2.95. The maximum absolute atomic E-state index is 12.1. The van der Waals surface area contributed by atoms with Crippen LogP contribution in [0.3, 0.4) is 0 Å². The summed E-state index contributed by atoms with van der Waals surface area (Å²) in [5.41, 5.74) is 4.95. The van der Waals surface area contributed by atoms with Crippen molar-refractivity contribution in [2.45, 2.75) is 46.6 Å².